The number of rotatable bonds is 6. The van der Waals surface area contributed by atoms with E-state index in [-0.39, 0.29) is 12.2 Å². The Kier molecular flexibility index (Phi) is 9.01. The average molecular weight is 294 g/mol. The van der Waals surface area contributed by atoms with Crippen LogP contribution in [0, 0.1) is 12.7 Å². The van der Waals surface area contributed by atoms with Gasteiger partial charge in [-0.2, -0.15) is 13.2 Å². The van der Waals surface area contributed by atoms with Crippen molar-refractivity contribution in [1.29, 1.82) is 0 Å². The maximum atomic E-state index is 13.1. The Hall–Kier alpha value is -1.26. The predicted octanol–water partition coefficient (Wildman–Crippen LogP) is 5.66. The summed E-state index contributed by atoms with van der Waals surface area (Å²) in [5, 5.41) is 0. The van der Waals surface area contributed by atoms with E-state index in [2.05, 4.69) is 0 Å². The van der Waals surface area contributed by atoms with Crippen LogP contribution in [0.15, 0.2) is 18.2 Å². The fourth-order valence-electron chi connectivity index (χ4n) is 1.46. The first-order valence-electron chi connectivity index (χ1n) is 6.84. The van der Waals surface area contributed by atoms with Crippen LogP contribution in [0.25, 0.3) is 0 Å². The molecule has 0 atom stereocenters. The van der Waals surface area contributed by atoms with Crippen molar-refractivity contribution in [2.45, 2.75) is 52.6 Å². The van der Waals surface area contributed by atoms with E-state index in [1.807, 2.05) is 13.8 Å². The van der Waals surface area contributed by atoms with Gasteiger partial charge in [-0.1, -0.05) is 19.9 Å². The van der Waals surface area contributed by atoms with Crippen LogP contribution in [0.1, 0.15) is 45.1 Å². The summed E-state index contributed by atoms with van der Waals surface area (Å²) < 4.78 is 53.9. The van der Waals surface area contributed by atoms with E-state index < -0.39 is 12.6 Å². The molecule has 1 aromatic rings. The minimum atomic E-state index is -4.08. The number of halogens is 4. The van der Waals surface area contributed by atoms with Gasteiger partial charge < -0.3 is 4.74 Å². The highest BCUT2D eigenvalue weighted by Crippen LogP contribution is 2.22. The predicted molar refractivity (Wildman–Crippen MR) is 72.5 cm³/mol. The van der Waals surface area contributed by atoms with Crippen LogP contribution in [0.2, 0.25) is 0 Å². The Morgan fingerprint density at radius 3 is 2.25 bits per heavy atom. The molecule has 0 radical (unpaired) electrons. The number of hydrogen-bond acceptors (Lipinski definition) is 1. The monoisotopic (exact) mass is 294 g/mol. The first-order chi connectivity index (χ1) is 9.38. The van der Waals surface area contributed by atoms with Crippen molar-refractivity contribution in [3.05, 3.63) is 29.6 Å². The van der Waals surface area contributed by atoms with Crippen molar-refractivity contribution in [3.63, 3.8) is 0 Å². The number of benzene rings is 1. The summed E-state index contributed by atoms with van der Waals surface area (Å²) in [4.78, 5) is 0. The molecule has 0 aliphatic carbocycles. The molecule has 1 rings (SSSR count). The SMILES string of the molecule is CC.Cc1ccc(OCCCCCC(F)(F)F)cc1F. The second-order valence-corrected chi connectivity index (χ2v) is 4.19. The van der Waals surface area contributed by atoms with Crippen molar-refractivity contribution in [3.8, 4) is 5.75 Å². The van der Waals surface area contributed by atoms with Gasteiger partial charge in [-0.3, -0.25) is 0 Å². The summed E-state index contributed by atoms with van der Waals surface area (Å²) in [5.41, 5.74) is 0.535. The highest BCUT2D eigenvalue weighted by atomic mass is 19.4. The normalized spacial score (nSPS) is 10.8. The topological polar surface area (TPSA) is 9.23 Å². The van der Waals surface area contributed by atoms with Crippen molar-refractivity contribution in [1.82, 2.24) is 0 Å². The van der Waals surface area contributed by atoms with Crippen LogP contribution < -0.4 is 4.74 Å². The smallest absolute Gasteiger partial charge is 0.389 e. The highest BCUT2D eigenvalue weighted by molar-refractivity contribution is 5.27. The molecule has 1 aromatic carbocycles. The molecule has 20 heavy (non-hydrogen) atoms. The van der Waals surface area contributed by atoms with E-state index in [9.17, 15) is 17.6 Å². The van der Waals surface area contributed by atoms with Gasteiger partial charge in [0.1, 0.15) is 11.6 Å². The van der Waals surface area contributed by atoms with E-state index in [4.69, 9.17) is 4.74 Å². The number of hydrogen-bond donors (Lipinski definition) is 0. The Morgan fingerprint density at radius 1 is 1.05 bits per heavy atom. The molecule has 0 aliphatic rings. The highest BCUT2D eigenvalue weighted by Gasteiger charge is 2.25. The molecule has 1 nitrogen and oxygen atoms in total. The second-order valence-electron chi connectivity index (χ2n) is 4.19. The summed E-state index contributed by atoms with van der Waals surface area (Å²) in [7, 11) is 0. The number of unbranched alkanes of at least 4 members (excludes halogenated alkanes) is 2. The van der Waals surface area contributed by atoms with E-state index in [1.54, 1.807) is 19.1 Å². The standard InChI is InChI=1S/C13H16F4O.C2H6/c1-10-5-6-11(9-12(10)14)18-8-4-2-3-7-13(15,16)17;1-2/h5-6,9H,2-4,7-8H2,1H3;1-2H3. The minimum absolute atomic E-state index is 0.106. The van der Waals surface area contributed by atoms with Crippen molar-refractivity contribution in [2.24, 2.45) is 0 Å². The van der Waals surface area contributed by atoms with Crippen molar-refractivity contribution < 1.29 is 22.3 Å². The molecule has 0 aromatic heterocycles. The molecule has 5 heteroatoms. The van der Waals surface area contributed by atoms with Gasteiger partial charge in [0.15, 0.2) is 0 Å². The molecule has 0 aliphatic heterocycles. The second kappa shape index (κ2) is 9.61. The van der Waals surface area contributed by atoms with E-state index in [0.29, 0.717) is 30.8 Å². The lowest BCUT2D eigenvalue weighted by molar-refractivity contribution is -0.135. The molecule has 0 amide bonds. The van der Waals surface area contributed by atoms with Crippen LogP contribution in [0.5, 0.6) is 5.75 Å². The first kappa shape index (κ1) is 18.7. The van der Waals surface area contributed by atoms with Gasteiger partial charge in [0.25, 0.3) is 0 Å². The Labute approximate surface area is 117 Å². The lowest BCUT2D eigenvalue weighted by Crippen LogP contribution is -2.06. The van der Waals surface area contributed by atoms with Gasteiger partial charge in [-0.25, -0.2) is 4.39 Å². The van der Waals surface area contributed by atoms with Crippen LogP contribution in [0.3, 0.4) is 0 Å². The van der Waals surface area contributed by atoms with Crippen molar-refractivity contribution in [2.75, 3.05) is 6.61 Å². The zero-order valence-corrected chi connectivity index (χ0v) is 12.2. The number of aryl methyl sites for hydroxylation is 1. The fraction of sp³-hybridized carbons (Fsp3) is 0.600. The molecule has 0 N–H and O–H groups in total. The zero-order valence-electron chi connectivity index (χ0n) is 12.2. The lowest BCUT2D eigenvalue weighted by Gasteiger charge is -2.08. The maximum absolute atomic E-state index is 13.1. The molecule has 0 heterocycles. The van der Waals surface area contributed by atoms with Crippen LogP contribution in [0.4, 0.5) is 17.6 Å². The summed E-state index contributed by atoms with van der Waals surface area (Å²) in [5.74, 6) is 0.0680. The largest absolute Gasteiger partial charge is 0.493 e. The number of alkyl halides is 3. The van der Waals surface area contributed by atoms with Crippen molar-refractivity contribution >= 4 is 0 Å². The Bertz CT molecular complexity index is 375. The molecule has 116 valence electrons. The van der Waals surface area contributed by atoms with E-state index in [1.165, 1.54) is 6.07 Å². The summed E-state index contributed by atoms with van der Waals surface area (Å²) >= 11 is 0. The molecule has 0 saturated heterocycles. The lowest BCUT2D eigenvalue weighted by atomic mass is 10.2. The third-order valence-corrected chi connectivity index (χ3v) is 2.52. The first-order valence-corrected chi connectivity index (χ1v) is 6.84. The zero-order chi connectivity index (χ0) is 15.6. The van der Waals surface area contributed by atoms with Gasteiger partial charge in [0, 0.05) is 12.5 Å². The molecular weight excluding hydrogens is 272 g/mol. The number of ether oxygens (including phenoxy) is 1. The van der Waals surface area contributed by atoms with Gasteiger partial charge >= 0.3 is 6.18 Å². The Morgan fingerprint density at radius 2 is 1.70 bits per heavy atom. The maximum Gasteiger partial charge on any atom is 0.389 e. The molecule has 0 spiro atoms. The molecule has 0 bridgehead atoms. The van der Waals surface area contributed by atoms with Gasteiger partial charge in [0.2, 0.25) is 0 Å². The molecular formula is C15H22F4O. The van der Waals surface area contributed by atoms with E-state index >= 15 is 0 Å². The van der Waals surface area contributed by atoms with Gasteiger partial charge in [-0.05, 0) is 37.8 Å². The Balaban J connectivity index is 0.00000172. The average Bonchev–Trinajstić information content (AvgIpc) is 2.39. The van der Waals surface area contributed by atoms with Gasteiger partial charge in [-0.15, -0.1) is 0 Å². The van der Waals surface area contributed by atoms with Gasteiger partial charge in [0.05, 0.1) is 6.61 Å². The summed E-state index contributed by atoms with van der Waals surface area (Å²) in [6, 6.07) is 4.54. The molecule has 0 unspecified atom stereocenters. The third kappa shape index (κ3) is 8.77. The minimum Gasteiger partial charge on any atom is -0.493 e. The fourth-order valence-corrected chi connectivity index (χ4v) is 1.46. The van der Waals surface area contributed by atoms with E-state index in [0.717, 1.165) is 0 Å². The third-order valence-electron chi connectivity index (χ3n) is 2.52. The van der Waals surface area contributed by atoms with Crippen LogP contribution in [-0.4, -0.2) is 12.8 Å². The quantitative estimate of drug-likeness (QED) is 0.486. The molecule has 0 fully saturated rings. The molecule has 0 saturated carbocycles. The van der Waals surface area contributed by atoms with Crippen LogP contribution >= 0.6 is 0 Å². The summed E-state index contributed by atoms with van der Waals surface area (Å²) in [6.45, 7) is 5.95. The summed E-state index contributed by atoms with van der Waals surface area (Å²) in [6.07, 6.45) is -3.75. The van der Waals surface area contributed by atoms with Crippen LogP contribution in [-0.2, 0) is 0 Å².